The molecular weight excluding hydrogens is 198 g/mol. The normalized spacial score (nSPS) is 15.6. The van der Waals surface area contributed by atoms with Gasteiger partial charge in [-0.1, -0.05) is 12.1 Å². The molecule has 1 aliphatic heterocycles. The van der Waals surface area contributed by atoms with E-state index in [0.29, 0.717) is 0 Å². The van der Waals surface area contributed by atoms with Crippen molar-refractivity contribution >= 4 is 5.69 Å². The second-order valence-corrected chi connectivity index (χ2v) is 4.21. The van der Waals surface area contributed by atoms with Crippen LogP contribution in [0.15, 0.2) is 36.8 Å². The van der Waals surface area contributed by atoms with Gasteiger partial charge in [-0.15, -0.1) is 0 Å². The molecule has 1 N–H and O–H groups in total. The summed E-state index contributed by atoms with van der Waals surface area (Å²) in [4.78, 5) is 9.59. The Morgan fingerprint density at radius 2 is 1.81 bits per heavy atom. The van der Waals surface area contributed by atoms with E-state index in [9.17, 15) is 0 Å². The minimum absolute atomic E-state index is 1.08. The molecule has 1 fully saturated rings. The van der Waals surface area contributed by atoms with E-state index in [4.69, 9.17) is 0 Å². The van der Waals surface area contributed by atoms with E-state index in [0.717, 1.165) is 5.69 Å². The predicted molar refractivity (Wildman–Crippen MR) is 65.5 cm³/mol. The molecule has 82 valence electrons. The summed E-state index contributed by atoms with van der Waals surface area (Å²) in [6.45, 7) is 2.40. The molecule has 0 amide bonds. The number of aromatic amines is 1. The lowest BCUT2D eigenvalue weighted by Gasteiger charge is -2.17. The van der Waals surface area contributed by atoms with Crippen LogP contribution in [0, 0.1) is 0 Å². The number of anilines is 1. The van der Waals surface area contributed by atoms with Crippen LogP contribution in [0.5, 0.6) is 0 Å². The van der Waals surface area contributed by atoms with Crippen LogP contribution in [-0.2, 0) is 0 Å². The summed E-state index contributed by atoms with van der Waals surface area (Å²) in [5, 5.41) is 0. The van der Waals surface area contributed by atoms with E-state index in [1.165, 1.54) is 37.2 Å². The van der Waals surface area contributed by atoms with Gasteiger partial charge in [-0.2, -0.15) is 0 Å². The molecule has 1 saturated heterocycles. The molecule has 1 aromatic carbocycles. The van der Waals surface area contributed by atoms with Gasteiger partial charge in [0.15, 0.2) is 0 Å². The average Bonchev–Trinajstić information content (AvgIpc) is 3.03. The van der Waals surface area contributed by atoms with Gasteiger partial charge >= 0.3 is 0 Å². The fourth-order valence-electron chi connectivity index (χ4n) is 2.24. The van der Waals surface area contributed by atoms with Gasteiger partial charge in [-0.05, 0) is 30.5 Å². The molecule has 0 atom stereocenters. The molecule has 0 saturated carbocycles. The number of hydrogen-bond acceptors (Lipinski definition) is 2. The zero-order valence-electron chi connectivity index (χ0n) is 9.19. The Kier molecular flexibility index (Phi) is 2.37. The maximum atomic E-state index is 4.03. The number of benzene rings is 1. The van der Waals surface area contributed by atoms with Crippen molar-refractivity contribution in [3.8, 4) is 11.3 Å². The number of H-pyrrole nitrogens is 1. The van der Waals surface area contributed by atoms with Crippen molar-refractivity contribution in [1.82, 2.24) is 9.97 Å². The van der Waals surface area contributed by atoms with Gasteiger partial charge in [0.2, 0.25) is 0 Å². The van der Waals surface area contributed by atoms with Crippen molar-refractivity contribution in [3.05, 3.63) is 36.8 Å². The molecule has 3 heteroatoms. The van der Waals surface area contributed by atoms with Gasteiger partial charge in [0.1, 0.15) is 0 Å². The van der Waals surface area contributed by atoms with E-state index in [2.05, 4.69) is 39.1 Å². The number of rotatable bonds is 2. The van der Waals surface area contributed by atoms with Crippen LogP contribution >= 0.6 is 0 Å². The average molecular weight is 213 g/mol. The molecule has 0 aliphatic carbocycles. The Hall–Kier alpha value is -1.77. The summed E-state index contributed by atoms with van der Waals surface area (Å²) < 4.78 is 0. The lowest BCUT2D eigenvalue weighted by molar-refractivity contribution is 0.949. The Morgan fingerprint density at radius 1 is 1.06 bits per heavy atom. The quantitative estimate of drug-likeness (QED) is 0.831. The second-order valence-electron chi connectivity index (χ2n) is 4.21. The Balaban J connectivity index is 1.84. The van der Waals surface area contributed by atoms with Crippen LogP contribution in [0.3, 0.4) is 0 Å². The number of imidazole rings is 1. The van der Waals surface area contributed by atoms with Crippen molar-refractivity contribution in [3.63, 3.8) is 0 Å². The molecule has 0 unspecified atom stereocenters. The zero-order valence-corrected chi connectivity index (χ0v) is 9.19. The molecule has 2 aromatic rings. The van der Waals surface area contributed by atoms with Crippen molar-refractivity contribution in [1.29, 1.82) is 0 Å². The van der Waals surface area contributed by atoms with Crippen LogP contribution in [0.25, 0.3) is 11.3 Å². The highest BCUT2D eigenvalue weighted by Crippen LogP contribution is 2.23. The lowest BCUT2D eigenvalue weighted by atomic mass is 10.1. The second kappa shape index (κ2) is 4.00. The first-order chi connectivity index (χ1) is 7.93. The molecule has 3 nitrogen and oxygen atoms in total. The summed E-state index contributed by atoms with van der Waals surface area (Å²) in [5.41, 5.74) is 3.61. The SMILES string of the molecule is c1ncc(-c2ccc(N3CCCC3)cc2)[nH]1. The molecule has 1 aliphatic rings. The third kappa shape index (κ3) is 1.69. The van der Waals surface area contributed by atoms with E-state index < -0.39 is 0 Å². The summed E-state index contributed by atoms with van der Waals surface area (Å²) >= 11 is 0. The number of aromatic nitrogens is 2. The van der Waals surface area contributed by atoms with E-state index >= 15 is 0 Å². The molecule has 0 bridgehead atoms. The van der Waals surface area contributed by atoms with Crippen molar-refractivity contribution < 1.29 is 0 Å². The first-order valence-corrected chi connectivity index (χ1v) is 5.77. The molecule has 2 heterocycles. The van der Waals surface area contributed by atoms with Crippen LogP contribution < -0.4 is 4.90 Å². The molecule has 0 radical (unpaired) electrons. The topological polar surface area (TPSA) is 31.9 Å². The Labute approximate surface area is 95.1 Å². The van der Waals surface area contributed by atoms with Gasteiger partial charge in [-0.25, -0.2) is 4.98 Å². The minimum atomic E-state index is 1.08. The largest absolute Gasteiger partial charge is 0.372 e. The Bertz CT molecular complexity index is 439. The third-order valence-corrected chi connectivity index (χ3v) is 3.15. The lowest BCUT2D eigenvalue weighted by Crippen LogP contribution is -2.17. The third-order valence-electron chi connectivity index (χ3n) is 3.15. The maximum absolute atomic E-state index is 4.03. The van der Waals surface area contributed by atoms with Crippen LogP contribution in [0.2, 0.25) is 0 Å². The smallest absolute Gasteiger partial charge is 0.0924 e. The van der Waals surface area contributed by atoms with Crippen LogP contribution in [0.4, 0.5) is 5.69 Å². The summed E-state index contributed by atoms with van der Waals surface area (Å²) in [6, 6.07) is 8.70. The van der Waals surface area contributed by atoms with Crippen molar-refractivity contribution in [2.45, 2.75) is 12.8 Å². The van der Waals surface area contributed by atoms with Gasteiger partial charge in [0.25, 0.3) is 0 Å². The predicted octanol–water partition coefficient (Wildman–Crippen LogP) is 2.68. The highest BCUT2D eigenvalue weighted by atomic mass is 15.1. The van der Waals surface area contributed by atoms with Gasteiger partial charge in [-0.3, -0.25) is 0 Å². The van der Waals surface area contributed by atoms with E-state index in [-0.39, 0.29) is 0 Å². The molecular formula is C13H15N3. The molecule has 0 spiro atoms. The highest BCUT2D eigenvalue weighted by Gasteiger charge is 2.11. The highest BCUT2D eigenvalue weighted by molar-refractivity contribution is 5.62. The molecule has 16 heavy (non-hydrogen) atoms. The first-order valence-electron chi connectivity index (χ1n) is 5.77. The fraction of sp³-hybridized carbons (Fsp3) is 0.308. The van der Waals surface area contributed by atoms with Crippen molar-refractivity contribution in [2.24, 2.45) is 0 Å². The summed E-state index contributed by atoms with van der Waals surface area (Å²) in [6.07, 6.45) is 6.21. The van der Waals surface area contributed by atoms with Gasteiger partial charge in [0.05, 0.1) is 18.2 Å². The standard InChI is InChI=1S/C13H15N3/c1-2-8-16(7-1)12-5-3-11(4-6-12)13-9-14-10-15-13/h3-6,9-10H,1-2,7-8H2,(H,14,15). The number of nitrogens with zero attached hydrogens (tertiary/aromatic N) is 2. The summed E-state index contributed by atoms with van der Waals surface area (Å²) in [7, 11) is 0. The molecule has 3 rings (SSSR count). The maximum Gasteiger partial charge on any atom is 0.0924 e. The molecule has 1 aromatic heterocycles. The monoisotopic (exact) mass is 213 g/mol. The van der Waals surface area contributed by atoms with Crippen LogP contribution in [0.1, 0.15) is 12.8 Å². The number of nitrogens with one attached hydrogen (secondary N) is 1. The Morgan fingerprint density at radius 3 is 2.44 bits per heavy atom. The van der Waals surface area contributed by atoms with E-state index in [1.807, 2.05) is 6.20 Å². The number of hydrogen-bond donors (Lipinski definition) is 1. The summed E-state index contributed by atoms with van der Waals surface area (Å²) in [5.74, 6) is 0. The van der Waals surface area contributed by atoms with Gasteiger partial charge < -0.3 is 9.88 Å². The van der Waals surface area contributed by atoms with E-state index in [1.54, 1.807) is 6.33 Å². The minimum Gasteiger partial charge on any atom is -0.372 e. The first kappa shape index (κ1) is 9.46. The fourth-order valence-corrected chi connectivity index (χ4v) is 2.24. The van der Waals surface area contributed by atoms with Crippen LogP contribution in [-0.4, -0.2) is 23.1 Å². The van der Waals surface area contributed by atoms with Gasteiger partial charge in [0, 0.05) is 18.8 Å². The van der Waals surface area contributed by atoms with Crippen molar-refractivity contribution in [2.75, 3.05) is 18.0 Å². The zero-order chi connectivity index (χ0) is 10.8.